The van der Waals surface area contributed by atoms with E-state index in [0.29, 0.717) is 0 Å². The maximum Gasteiger partial charge on any atom is 0.135 e. The predicted octanol–water partition coefficient (Wildman–Crippen LogP) is 6.73. The average Bonchev–Trinajstić information content (AvgIpc) is 2.91. The Labute approximate surface area is 134 Å². The summed E-state index contributed by atoms with van der Waals surface area (Å²) in [6.07, 6.45) is 0. The van der Waals surface area contributed by atoms with E-state index in [0.717, 1.165) is 16.9 Å². The van der Waals surface area contributed by atoms with E-state index in [9.17, 15) is 0 Å². The van der Waals surface area contributed by atoms with Crippen molar-refractivity contribution in [3.8, 4) is 11.3 Å². The average molecular weight is 294 g/mol. The van der Waals surface area contributed by atoms with Crippen molar-refractivity contribution >= 4 is 11.0 Å². The second-order valence-electron chi connectivity index (χ2n) is 6.48. The van der Waals surface area contributed by atoms with Crippen molar-refractivity contribution in [1.82, 2.24) is 0 Å². The zero-order chi connectivity index (χ0) is 16.3. The van der Waals surface area contributed by atoms with Gasteiger partial charge in [-0.15, -0.1) is 0 Å². The van der Waals surface area contributed by atoms with Crippen LogP contribution in [-0.2, 0) is 5.41 Å². The molecule has 1 heterocycles. The van der Waals surface area contributed by atoms with Gasteiger partial charge in [0.2, 0.25) is 0 Å². The standard InChI is InChI=1S/C19H20O.C2H6/c1-13-5-10-17-15(11-13)12-18(20-17)14-6-8-16(9-7-14)19(2,3)4;1-2/h5-12H,1-4H3;1-2H3. The van der Waals surface area contributed by atoms with Gasteiger partial charge in [-0.25, -0.2) is 0 Å². The van der Waals surface area contributed by atoms with Crippen LogP contribution in [0.25, 0.3) is 22.3 Å². The SMILES string of the molecule is CC.Cc1ccc2oc(-c3ccc(C(C)(C)C)cc3)cc2c1. The molecule has 0 amide bonds. The first-order valence-electron chi connectivity index (χ1n) is 8.04. The van der Waals surface area contributed by atoms with E-state index in [1.54, 1.807) is 0 Å². The Kier molecular flexibility index (Phi) is 4.75. The topological polar surface area (TPSA) is 13.1 Å². The molecule has 0 bridgehead atoms. The van der Waals surface area contributed by atoms with Crippen LogP contribution >= 0.6 is 0 Å². The largest absolute Gasteiger partial charge is 0.456 e. The number of aryl methyl sites for hydroxylation is 1. The maximum absolute atomic E-state index is 5.93. The number of furan rings is 1. The summed E-state index contributed by atoms with van der Waals surface area (Å²) in [5.74, 6) is 0.936. The molecule has 3 aromatic rings. The van der Waals surface area contributed by atoms with Gasteiger partial charge in [0.15, 0.2) is 0 Å². The molecule has 3 rings (SSSR count). The number of fused-ring (bicyclic) bond motifs is 1. The zero-order valence-corrected chi connectivity index (χ0v) is 14.5. The van der Waals surface area contributed by atoms with Crippen LogP contribution in [0.5, 0.6) is 0 Å². The van der Waals surface area contributed by atoms with Gasteiger partial charge in [0, 0.05) is 10.9 Å². The molecule has 0 radical (unpaired) electrons. The van der Waals surface area contributed by atoms with Crippen LogP contribution in [0.4, 0.5) is 0 Å². The van der Waals surface area contributed by atoms with Crippen LogP contribution in [0.2, 0.25) is 0 Å². The van der Waals surface area contributed by atoms with Crippen molar-refractivity contribution in [3.05, 3.63) is 59.7 Å². The predicted molar refractivity (Wildman–Crippen MR) is 96.4 cm³/mol. The van der Waals surface area contributed by atoms with Crippen molar-refractivity contribution in [2.24, 2.45) is 0 Å². The fourth-order valence-corrected chi connectivity index (χ4v) is 2.44. The highest BCUT2D eigenvalue weighted by molar-refractivity contribution is 5.83. The van der Waals surface area contributed by atoms with Gasteiger partial charge < -0.3 is 4.42 Å². The normalized spacial score (nSPS) is 11.2. The lowest BCUT2D eigenvalue weighted by Crippen LogP contribution is -2.10. The minimum atomic E-state index is 0.184. The molecule has 0 aliphatic heterocycles. The molecular weight excluding hydrogens is 268 g/mol. The Bertz CT molecular complexity index is 740. The Morgan fingerprint density at radius 3 is 2.05 bits per heavy atom. The molecule has 0 unspecified atom stereocenters. The summed E-state index contributed by atoms with van der Waals surface area (Å²) in [6, 6.07) is 17.1. The van der Waals surface area contributed by atoms with Crippen LogP contribution in [0.3, 0.4) is 0 Å². The second-order valence-corrected chi connectivity index (χ2v) is 6.48. The summed E-state index contributed by atoms with van der Waals surface area (Å²) < 4.78 is 5.93. The van der Waals surface area contributed by atoms with E-state index < -0.39 is 0 Å². The molecule has 116 valence electrons. The van der Waals surface area contributed by atoms with Crippen LogP contribution < -0.4 is 0 Å². The van der Waals surface area contributed by atoms with Crippen LogP contribution in [0.15, 0.2) is 52.9 Å². The van der Waals surface area contributed by atoms with E-state index in [4.69, 9.17) is 4.42 Å². The van der Waals surface area contributed by atoms with Gasteiger partial charge >= 0.3 is 0 Å². The van der Waals surface area contributed by atoms with Gasteiger partial charge in [-0.2, -0.15) is 0 Å². The molecule has 1 heteroatoms. The molecule has 2 aromatic carbocycles. The summed E-state index contributed by atoms with van der Waals surface area (Å²) in [6.45, 7) is 12.8. The molecule has 0 aliphatic carbocycles. The van der Waals surface area contributed by atoms with E-state index >= 15 is 0 Å². The first kappa shape index (κ1) is 16.4. The number of hydrogen-bond donors (Lipinski definition) is 0. The van der Waals surface area contributed by atoms with E-state index in [1.807, 2.05) is 19.9 Å². The third-order valence-electron chi connectivity index (χ3n) is 3.71. The summed E-state index contributed by atoms with van der Waals surface area (Å²) in [7, 11) is 0. The Balaban J connectivity index is 0.000000847. The number of rotatable bonds is 1. The highest BCUT2D eigenvalue weighted by Gasteiger charge is 2.14. The summed E-state index contributed by atoms with van der Waals surface area (Å²) in [5.41, 5.74) is 4.86. The number of hydrogen-bond acceptors (Lipinski definition) is 1. The molecule has 0 spiro atoms. The molecule has 0 saturated carbocycles. The fraction of sp³-hybridized carbons (Fsp3) is 0.333. The first-order valence-corrected chi connectivity index (χ1v) is 8.04. The van der Waals surface area contributed by atoms with Crippen molar-refractivity contribution < 1.29 is 4.42 Å². The molecule has 0 N–H and O–H groups in total. The monoisotopic (exact) mass is 294 g/mol. The van der Waals surface area contributed by atoms with Gasteiger partial charge in [0.05, 0.1) is 0 Å². The van der Waals surface area contributed by atoms with Gasteiger partial charge in [0.1, 0.15) is 11.3 Å². The molecule has 22 heavy (non-hydrogen) atoms. The Morgan fingerprint density at radius 2 is 1.45 bits per heavy atom. The lowest BCUT2D eigenvalue weighted by atomic mass is 9.86. The van der Waals surface area contributed by atoms with Crippen LogP contribution in [0, 0.1) is 6.92 Å². The maximum atomic E-state index is 5.93. The van der Waals surface area contributed by atoms with Crippen molar-refractivity contribution in [2.75, 3.05) is 0 Å². The molecule has 1 nitrogen and oxygen atoms in total. The van der Waals surface area contributed by atoms with Crippen LogP contribution in [0.1, 0.15) is 45.7 Å². The molecule has 0 aliphatic rings. The molecular formula is C21H26O. The van der Waals surface area contributed by atoms with E-state index in [2.05, 4.69) is 70.2 Å². The van der Waals surface area contributed by atoms with Gasteiger partial charge in [-0.3, -0.25) is 0 Å². The van der Waals surface area contributed by atoms with E-state index in [1.165, 1.54) is 16.5 Å². The lowest BCUT2D eigenvalue weighted by Gasteiger charge is -2.18. The smallest absolute Gasteiger partial charge is 0.135 e. The lowest BCUT2D eigenvalue weighted by molar-refractivity contribution is 0.590. The zero-order valence-electron chi connectivity index (χ0n) is 14.5. The van der Waals surface area contributed by atoms with Crippen molar-refractivity contribution in [2.45, 2.75) is 47.0 Å². The summed E-state index contributed by atoms with van der Waals surface area (Å²) in [4.78, 5) is 0. The molecule has 0 atom stereocenters. The van der Waals surface area contributed by atoms with Crippen molar-refractivity contribution in [3.63, 3.8) is 0 Å². The van der Waals surface area contributed by atoms with Crippen molar-refractivity contribution in [1.29, 1.82) is 0 Å². The van der Waals surface area contributed by atoms with Gasteiger partial charge in [0.25, 0.3) is 0 Å². The highest BCUT2D eigenvalue weighted by Crippen LogP contribution is 2.30. The minimum absolute atomic E-state index is 0.184. The third kappa shape index (κ3) is 3.41. The fourth-order valence-electron chi connectivity index (χ4n) is 2.44. The molecule has 0 saturated heterocycles. The summed E-state index contributed by atoms with van der Waals surface area (Å²) in [5, 5.41) is 1.17. The summed E-state index contributed by atoms with van der Waals surface area (Å²) >= 11 is 0. The first-order chi connectivity index (χ1) is 10.4. The highest BCUT2D eigenvalue weighted by atomic mass is 16.3. The third-order valence-corrected chi connectivity index (χ3v) is 3.71. The number of benzene rings is 2. The molecule has 1 aromatic heterocycles. The van der Waals surface area contributed by atoms with E-state index in [-0.39, 0.29) is 5.41 Å². The minimum Gasteiger partial charge on any atom is -0.456 e. The Hall–Kier alpha value is -2.02. The van der Waals surface area contributed by atoms with Gasteiger partial charge in [-0.05, 0) is 36.1 Å². The second kappa shape index (κ2) is 6.39. The van der Waals surface area contributed by atoms with Gasteiger partial charge in [-0.1, -0.05) is 70.5 Å². The van der Waals surface area contributed by atoms with Crippen LogP contribution in [-0.4, -0.2) is 0 Å². The molecule has 0 fully saturated rings. The Morgan fingerprint density at radius 1 is 0.818 bits per heavy atom. The quantitative estimate of drug-likeness (QED) is 0.485.